The van der Waals surface area contributed by atoms with E-state index >= 15 is 0 Å². The Balaban J connectivity index is -0.0000000139. The summed E-state index contributed by atoms with van der Waals surface area (Å²) in [6.45, 7) is 4.71. The van der Waals surface area contributed by atoms with Crippen LogP contribution in [0.1, 0.15) is 20.8 Å². The van der Waals surface area contributed by atoms with Gasteiger partial charge in [-0.1, -0.05) is 44.0 Å². The second kappa shape index (κ2) is 65.0. The number of halogens is 2. The van der Waals surface area contributed by atoms with Crippen LogP contribution < -0.4 is 45.0 Å². The van der Waals surface area contributed by atoms with Crippen LogP contribution in [0.4, 0.5) is 0 Å². The highest BCUT2D eigenvalue weighted by molar-refractivity contribution is 6.52. The number of carboxylic acid groups (broad SMARTS) is 1. The molecule has 0 saturated carbocycles. The lowest BCUT2D eigenvalue weighted by molar-refractivity contribution is -0.362. The molecule has 0 spiro atoms. The molecule has 0 aliphatic rings. The second-order valence-electron chi connectivity index (χ2n) is 1.49. The minimum atomic E-state index is -1.46. The fourth-order valence-electron chi connectivity index (χ4n) is 0. The third kappa shape index (κ3) is 311. The van der Waals surface area contributed by atoms with Gasteiger partial charge in [0.05, 0.1) is 5.97 Å². The maximum Gasteiger partial charge on any atom is 0.146 e. The first-order valence-electron chi connectivity index (χ1n) is 4.12. The number of rotatable bonds is 1. The highest BCUT2D eigenvalue weighted by Gasteiger charge is 1.93. The first-order valence-corrected chi connectivity index (χ1v) is 4.99. The van der Waals surface area contributed by atoms with Gasteiger partial charge in [0.2, 0.25) is 0 Å². The molecule has 0 saturated heterocycles. The molecular formula is C8H32Cl2N4O5. The van der Waals surface area contributed by atoms with Crippen LogP contribution in [0.2, 0.25) is 0 Å². The Morgan fingerprint density at radius 2 is 0.895 bits per heavy atom. The van der Waals surface area contributed by atoms with E-state index in [1.165, 1.54) is 0 Å². The number of quaternary nitrogens is 4. The van der Waals surface area contributed by atoms with Crippen LogP contribution in [0.3, 0.4) is 0 Å². The lowest BCUT2D eigenvalue weighted by Gasteiger charge is -1.96. The van der Waals surface area contributed by atoms with E-state index in [9.17, 15) is 9.90 Å². The monoisotopic (exact) mass is 334 g/mol. The average molecular weight is 335 g/mol. The minimum Gasteiger partial charge on any atom is -0.855 e. The third-order valence-electron chi connectivity index (χ3n) is 0.178. The molecule has 0 aliphatic heterocycles. The molecule has 0 aromatic carbocycles. The Bertz CT molecular complexity index is 110. The molecule has 128 valence electrons. The van der Waals surface area contributed by atoms with Gasteiger partial charge in [-0.15, -0.1) is 19.8 Å². The standard InChI is InChI=1S/C2H2Cl2O2.3C2H5O.4H3N/c3-1(4)2(5)6;3*1-2-3;;;;/h1H,(H,5,6);3*2H2,1H3;4*1H3/q;3*-1;;;;/p+3. The number of carbonyl (C=O) groups is 1. The average Bonchev–Trinajstić information content (AvgIpc) is 2.07. The van der Waals surface area contributed by atoms with Gasteiger partial charge in [-0.2, -0.15) is 0 Å². The lowest BCUT2D eigenvalue weighted by Crippen LogP contribution is -2.28. The van der Waals surface area contributed by atoms with Crippen molar-refractivity contribution in [1.82, 2.24) is 24.6 Å². The fourth-order valence-corrected chi connectivity index (χ4v) is 0. The van der Waals surface area contributed by atoms with Gasteiger partial charge in [0.15, 0.2) is 0 Å². The van der Waals surface area contributed by atoms with Gasteiger partial charge in [0, 0.05) is 0 Å². The van der Waals surface area contributed by atoms with Gasteiger partial charge in [-0.05, 0) is 0 Å². The molecule has 0 aliphatic carbocycles. The number of aliphatic carboxylic acids is 1. The van der Waals surface area contributed by atoms with Crippen LogP contribution in [0.5, 0.6) is 0 Å². The Hall–Kier alpha value is -0.230. The Labute approximate surface area is 125 Å². The molecule has 0 aromatic heterocycles. The zero-order chi connectivity index (χ0) is 13.3. The number of hydrogen-bond donors (Lipinski definition) is 4. The zero-order valence-corrected chi connectivity index (χ0v) is 14.5. The quantitative estimate of drug-likeness (QED) is 0.444. The zero-order valence-electron chi connectivity index (χ0n) is 13.0. The lowest BCUT2D eigenvalue weighted by atomic mass is 10.8. The summed E-state index contributed by atoms with van der Waals surface area (Å²) in [5.74, 6) is -1.46. The summed E-state index contributed by atoms with van der Waals surface area (Å²) in [7, 11) is 0. The predicted molar refractivity (Wildman–Crippen MR) is 76.1 cm³/mol. The summed E-state index contributed by atoms with van der Waals surface area (Å²) in [5.41, 5.74) is 0. The van der Waals surface area contributed by atoms with Gasteiger partial charge in [0.25, 0.3) is 0 Å². The Kier molecular flexibility index (Phi) is 175. The van der Waals surface area contributed by atoms with Crippen LogP contribution in [-0.4, -0.2) is 30.6 Å². The van der Waals surface area contributed by atoms with Gasteiger partial charge in [0.1, 0.15) is 4.84 Å². The van der Waals surface area contributed by atoms with Crippen molar-refractivity contribution in [2.75, 3.05) is 19.8 Å². The number of alkyl halides is 2. The van der Waals surface area contributed by atoms with Crippen molar-refractivity contribution in [2.45, 2.75) is 25.6 Å². The van der Waals surface area contributed by atoms with Gasteiger partial charge in [-0.3, -0.25) is 0 Å². The summed E-state index contributed by atoms with van der Waals surface area (Å²) < 4.78 is 0. The first kappa shape index (κ1) is 51.1. The van der Waals surface area contributed by atoms with Crippen molar-refractivity contribution in [2.24, 2.45) is 0 Å². The molecule has 0 bridgehead atoms. The molecule has 0 amide bonds. The van der Waals surface area contributed by atoms with Crippen molar-refractivity contribution in [1.29, 1.82) is 0 Å². The van der Waals surface area contributed by atoms with Crippen molar-refractivity contribution in [3.05, 3.63) is 0 Å². The second-order valence-corrected chi connectivity index (χ2v) is 2.58. The molecular weight excluding hydrogens is 303 g/mol. The van der Waals surface area contributed by atoms with Gasteiger partial charge >= 0.3 is 0 Å². The minimum absolute atomic E-state index is 0. The molecule has 0 atom stereocenters. The van der Waals surface area contributed by atoms with E-state index in [0.717, 1.165) is 0 Å². The van der Waals surface area contributed by atoms with Gasteiger partial charge < -0.3 is 49.8 Å². The maximum absolute atomic E-state index is 9.32. The third-order valence-corrected chi connectivity index (χ3v) is 0.535. The molecule has 0 radical (unpaired) electrons. The highest BCUT2D eigenvalue weighted by atomic mass is 35.5. The normalized spacial score (nSPS) is 5.74. The van der Waals surface area contributed by atoms with E-state index in [0.29, 0.717) is 0 Å². The van der Waals surface area contributed by atoms with E-state index in [-0.39, 0.29) is 44.4 Å². The SMILES string of the molecule is CC[O-].CC[O-].CC[O-].O=C([O-])C(Cl)Cl.[NH4+].[NH4+].[NH4+].[NH4+]. The summed E-state index contributed by atoms with van der Waals surface area (Å²) in [6.07, 6.45) is 0. The number of hydrogen-bond acceptors (Lipinski definition) is 5. The van der Waals surface area contributed by atoms with E-state index in [1.54, 1.807) is 20.8 Å². The van der Waals surface area contributed by atoms with E-state index in [1.807, 2.05) is 0 Å². The molecule has 0 aromatic rings. The van der Waals surface area contributed by atoms with E-state index in [2.05, 4.69) is 0 Å². The van der Waals surface area contributed by atoms with Crippen molar-refractivity contribution < 1.29 is 25.2 Å². The summed E-state index contributed by atoms with van der Waals surface area (Å²) in [6, 6.07) is 0. The van der Waals surface area contributed by atoms with Crippen LogP contribution in [0, 0.1) is 0 Å². The van der Waals surface area contributed by atoms with Crippen molar-refractivity contribution in [3.8, 4) is 0 Å². The smallest absolute Gasteiger partial charge is 0.146 e. The van der Waals surface area contributed by atoms with Crippen molar-refractivity contribution >= 4 is 29.2 Å². The topological polar surface area (TPSA) is 255 Å². The summed E-state index contributed by atoms with van der Waals surface area (Å²) in [5, 5.41) is 36.1. The molecule has 0 heterocycles. The van der Waals surface area contributed by atoms with Gasteiger partial charge in [-0.25, -0.2) is 0 Å². The Morgan fingerprint density at radius 3 is 0.895 bits per heavy atom. The summed E-state index contributed by atoms with van der Waals surface area (Å²) in [4.78, 5) is 7.93. The van der Waals surface area contributed by atoms with E-state index in [4.69, 9.17) is 38.5 Å². The van der Waals surface area contributed by atoms with Crippen LogP contribution >= 0.6 is 23.2 Å². The molecule has 0 fully saturated rings. The van der Waals surface area contributed by atoms with E-state index < -0.39 is 10.8 Å². The van der Waals surface area contributed by atoms with Crippen LogP contribution in [0.15, 0.2) is 0 Å². The van der Waals surface area contributed by atoms with Crippen LogP contribution in [-0.2, 0) is 4.79 Å². The highest BCUT2D eigenvalue weighted by Crippen LogP contribution is 1.96. The number of carboxylic acids is 1. The Morgan fingerprint density at radius 1 is 0.842 bits per heavy atom. The molecule has 9 nitrogen and oxygen atoms in total. The molecule has 11 heteroatoms. The largest absolute Gasteiger partial charge is 0.855 e. The predicted octanol–water partition coefficient (Wildman–Crippen LogP) is -0.855. The fraction of sp³-hybridized carbons (Fsp3) is 0.875. The maximum atomic E-state index is 9.32. The molecule has 16 N–H and O–H groups in total. The first-order chi connectivity index (χ1) is 6.89. The summed E-state index contributed by atoms with van der Waals surface area (Å²) >= 11 is 9.43. The number of carbonyl (C=O) groups excluding carboxylic acids is 1. The molecule has 0 rings (SSSR count). The van der Waals surface area contributed by atoms with Crippen LogP contribution in [0.25, 0.3) is 0 Å². The van der Waals surface area contributed by atoms with Crippen molar-refractivity contribution in [3.63, 3.8) is 0 Å². The molecule has 0 unspecified atom stereocenters. The molecule has 19 heavy (non-hydrogen) atoms.